The van der Waals surface area contributed by atoms with E-state index in [1.807, 2.05) is 16.4 Å². The van der Waals surface area contributed by atoms with E-state index in [4.69, 9.17) is 0 Å². The zero-order chi connectivity index (χ0) is 11.8. The van der Waals surface area contributed by atoms with Gasteiger partial charge in [-0.3, -0.25) is 4.68 Å². The zero-order valence-electron chi connectivity index (χ0n) is 10.4. The summed E-state index contributed by atoms with van der Waals surface area (Å²) in [6.07, 6.45) is 7.83. The lowest BCUT2D eigenvalue weighted by molar-refractivity contribution is 0.410. The Bertz CT molecular complexity index is 263. The van der Waals surface area contributed by atoms with Crippen molar-refractivity contribution in [2.75, 3.05) is 12.0 Å². The summed E-state index contributed by atoms with van der Waals surface area (Å²) in [5, 5.41) is 7.69. The first-order valence-electron chi connectivity index (χ1n) is 5.79. The van der Waals surface area contributed by atoms with E-state index in [0.717, 1.165) is 13.0 Å². The number of aromatic nitrogens is 3. The van der Waals surface area contributed by atoms with Crippen molar-refractivity contribution in [2.45, 2.75) is 45.3 Å². The van der Waals surface area contributed by atoms with E-state index in [2.05, 4.69) is 35.5 Å². The second-order valence-electron chi connectivity index (χ2n) is 4.20. The van der Waals surface area contributed by atoms with Gasteiger partial charge in [-0.25, -0.2) is 4.98 Å². The highest BCUT2D eigenvalue weighted by molar-refractivity contribution is 7.98. The van der Waals surface area contributed by atoms with Gasteiger partial charge in [-0.05, 0) is 38.7 Å². The van der Waals surface area contributed by atoms with Crippen molar-refractivity contribution in [3.05, 3.63) is 12.7 Å². The van der Waals surface area contributed by atoms with E-state index in [1.165, 1.54) is 12.2 Å². The van der Waals surface area contributed by atoms with E-state index < -0.39 is 0 Å². The molecule has 2 unspecified atom stereocenters. The quantitative estimate of drug-likeness (QED) is 0.755. The van der Waals surface area contributed by atoms with Gasteiger partial charge in [0.2, 0.25) is 0 Å². The fourth-order valence-corrected chi connectivity index (χ4v) is 2.21. The first-order chi connectivity index (χ1) is 7.72. The maximum absolute atomic E-state index is 4.09. The van der Waals surface area contributed by atoms with Crippen molar-refractivity contribution < 1.29 is 0 Å². The van der Waals surface area contributed by atoms with Crippen molar-refractivity contribution in [1.82, 2.24) is 20.1 Å². The first-order valence-corrected chi connectivity index (χ1v) is 7.19. The van der Waals surface area contributed by atoms with Crippen LogP contribution in [0.4, 0.5) is 0 Å². The van der Waals surface area contributed by atoms with Crippen LogP contribution in [0, 0.1) is 0 Å². The third-order valence-corrected chi connectivity index (χ3v) is 3.23. The van der Waals surface area contributed by atoms with Crippen LogP contribution in [-0.4, -0.2) is 38.9 Å². The molecule has 0 radical (unpaired) electrons. The maximum atomic E-state index is 4.09. The van der Waals surface area contributed by atoms with Crippen LogP contribution in [0.15, 0.2) is 12.7 Å². The van der Waals surface area contributed by atoms with Crippen LogP contribution in [0.1, 0.15) is 26.7 Å². The molecule has 4 nitrogen and oxygen atoms in total. The summed E-state index contributed by atoms with van der Waals surface area (Å²) >= 11 is 1.91. The molecular formula is C11H22N4S. The number of hydrogen-bond donors (Lipinski definition) is 1. The van der Waals surface area contributed by atoms with Crippen molar-refractivity contribution in [2.24, 2.45) is 0 Å². The molecule has 5 heteroatoms. The monoisotopic (exact) mass is 242 g/mol. The summed E-state index contributed by atoms with van der Waals surface area (Å²) in [5.74, 6) is 1.23. The molecule has 1 N–H and O–H groups in total. The van der Waals surface area contributed by atoms with Gasteiger partial charge < -0.3 is 5.32 Å². The van der Waals surface area contributed by atoms with Gasteiger partial charge in [0.15, 0.2) is 0 Å². The van der Waals surface area contributed by atoms with Crippen LogP contribution in [-0.2, 0) is 6.54 Å². The van der Waals surface area contributed by atoms with Crippen molar-refractivity contribution in [3.63, 3.8) is 0 Å². The number of nitrogens with one attached hydrogen (secondary N) is 1. The minimum absolute atomic E-state index is 0.529. The Balaban J connectivity index is 2.12. The molecular weight excluding hydrogens is 220 g/mol. The van der Waals surface area contributed by atoms with Crippen LogP contribution in [0.3, 0.4) is 0 Å². The minimum atomic E-state index is 0.529. The average Bonchev–Trinajstić information content (AvgIpc) is 2.76. The third kappa shape index (κ3) is 5.51. The molecule has 0 bridgehead atoms. The molecule has 0 aromatic carbocycles. The molecule has 0 amide bonds. The molecule has 16 heavy (non-hydrogen) atoms. The second-order valence-corrected chi connectivity index (χ2v) is 5.18. The predicted octanol–water partition coefficient (Wildman–Crippen LogP) is 1.79. The van der Waals surface area contributed by atoms with E-state index in [0.29, 0.717) is 12.1 Å². The molecule has 1 aromatic heterocycles. The predicted molar refractivity (Wildman–Crippen MR) is 69.7 cm³/mol. The summed E-state index contributed by atoms with van der Waals surface area (Å²) in [6, 6.07) is 1.12. The Hall–Kier alpha value is -0.550. The summed E-state index contributed by atoms with van der Waals surface area (Å²) in [5.41, 5.74) is 0. The standard InChI is InChI=1S/C11H22N4S/c1-10(14-11(2)5-7-16-3)4-6-15-9-12-8-13-15/h8-11,14H,4-7H2,1-3H3. The van der Waals surface area contributed by atoms with Gasteiger partial charge in [-0.2, -0.15) is 16.9 Å². The fraction of sp³-hybridized carbons (Fsp3) is 0.818. The summed E-state index contributed by atoms with van der Waals surface area (Å²) in [7, 11) is 0. The summed E-state index contributed by atoms with van der Waals surface area (Å²) < 4.78 is 1.88. The van der Waals surface area contributed by atoms with Crippen LogP contribution in [0.25, 0.3) is 0 Å². The Morgan fingerprint density at radius 3 is 2.69 bits per heavy atom. The lowest BCUT2D eigenvalue weighted by Gasteiger charge is -2.19. The molecule has 0 aliphatic heterocycles. The van der Waals surface area contributed by atoms with E-state index >= 15 is 0 Å². The number of rotatable bonds is 8. The van der Waals surface area contributed by atoms with Crippen LogP contribution in [0.2, 0.25) is 0 Å². The van der Waals surface area contributed by atoms with E-state index in [1.54, 1.807) is 12.7 Å². The molecule has 2 atom stereocenters. The van der Waals surface area contributed by atoms with Gasteiger partial charge in [-0.1, -0.05) is 0 Å². The molecule has 1 rings (SSSR count). The minimum Gasteiger partial charge on any atom is -0.312 e. The lowest BCUT2D eigenvalue weighted by atomic mass is 10.2. The summed E-state index contributed by atoms with van der Waals surface area (Å²) in [4.78, 5) is 3.93. The molecule has 92 valence electrons. The van der Waals surface area contributed by atoms with Gasteiger partial charge in [0.25, 0.3) is 0 Å². The highest BCUT2D eigenvalue weighted by Gasteiger charge is 2.07. The third-order valence-electron chi connectivity index (χ3n) is 2.58. The van der Waals surface area contributed by atoms with Crippen LogP contribution in [0.5, 0.6) is 0 Å². The van der Waals surface area contributed by atoms with E-state index in [9.17, 15) is 0 Å². The Kier molecular flexibility index (Phi) is 6.49. The topological polar surface area (TPSA) is 42.7 Å². The normalized spacial score (nSPS) is 14.9. The number of aryl methyl sites for hydroxylation is 1. The van der Waals surface area contributed by atoms with Crippen LogP contribution < -0.4 is 5.32 Å². The SMILES string of the molecule is CSCCC(C)NC(C)CCn1cncn1. The molecule has 0 aliphatic carbocycles. The number of nitrogens with zero attached hydrogens (tertiary/aromatic N) is 3. The largest absolute Gasteiger partial charge is 0.312 e. The Morgan fingerprint density at radius 2 is 2.06 bits per heavy atom. The zero-order valence-corrected chi connectivity index (χ0v) is 11.2. The number of thioether (sulfide) groups is 1. The van der Waals surface area contributed by atoms with Crippen molar-refractivity contribution >= 4 is 11.8 Å². The highest BCUT2D eigenvalue weighted by atomic mass is 32.2. The van der Waals surface area contributed by atoms with Gasteiger partial charge in [-0.15, -0.1) is 0 Å². The molecule has 0 saturated heterocycles. The molecule has 1 heterocycles. The van der Waals surface area contributed by atoms with Gasteiger partial charge >= 0.3 is 0 Å². The first kappa shape index (κ1) is 13.5. The molecule has 0 fully saturated rings. The van der Waals surface area contributed by atoms with Gasteiger partial charge in [0.05, 0.1) is 0 Å². The Labute approximate surface area is 102 Å². The average molecular weight is 242 g/mol. The summed E-state index contributed by atoms with van der Waals surface area (Å²) in [6.45, 7) is 5.41. The molecule has 0 spiro atoms. The fourth-order valence-electron chi connectivity index (χ4n) is 1.62. The highest BCUT2D eigenvalue weighted by Crippen LogP contribution is 2.02. The van der Waals surface area contributed by atoms with Gasteiger partial charge in [0.1, 0.15) is 12.7 Å². The van der Waals surface area contributed by atoms with Crippen molar-refractivity contribution in [3.8, 4) is 0 Å². The van der Waals surface area contributed by atoms with Gasteiger partial charge in [0, 0.05) is 18.6 Å². The molecule has 1 aromatic rings. The second kappa shape index (κ2) is 7.68. The maximum Gasteiger partial charge on any atom is 0.137 e. The lowest BCUT2D eigenvalue weighted by Crippen LogP contribution is -2.35. The smallest absolute Gasteiger partial charge is 0.137 e. The number of hydrogen-bond acceptors (Lipinski definition) is 4. The molecule has 0 aliphatic rings. The van der Waals surface area contributed by atoms with Crippen molar-refractivity contribution in [1.29, 1.82) is 0 Å². The van der Waals surface area contributed by atoms with E-state index in [-0.39, 0.29) is 0 Å². The molecule has 0 saturated carbocycles. The van der Waals surface area contributed by atoms with Crippen LogP contribution >= 0.6 is 11.8 Å². The Morgan fingerprint density at radius 1 is 1.31 bits per heavy atom.